The van der Waals surface area contributed by atoms with Crippen LogP contribution >= 0.6 is 0 Å². The molecule has 1 N–H and O–H groups in total. The predicted molar refractivity (Wildman–Crippen MR) is 63.5 cm³/mol. The molecule has 0 aromatic heterocycles. The van der Waals surface area contributed by atoms with Crippen LogP contribution in [0, 0.1) is 11.3 Å². The van der Waals surface area contributed by atoms with E-state index < -0.39 is 0 Å². The van der Waals surface area contributed by atoms with Crippen molar-refractivity contribution >= 4 is 0 Å². The lowest BCUT2D eigenvalue weighted by Gasteiger charge is -2.36. The topological polar surface area (TPSA) is 12.0 Å². The molecule has 0 spiro atoms. The van der Waals surface area contributed by atoms with Crippen LogP contribution in [-0.2, 0) is 0 Å². The van der Waals surface area contributed by atoms with Crippen molar-refractivity contribution < 1.29 is 0 Å². The Morgan fingerprint density at radius 1 is 1.43 bits per heavy atom. The summed E-state index contributed by atoms with van der Waals surface area (Å²) in [7, 11) is 0. The first-order valence-electron chi connectivity index (χ1n) is 6.27. The summed E-state index contributed by atoms with van der Waals surface area (Å²) in [5.74, 6) is 0.833. The third-order valence-electron chi connectivity index (χ3n) is 3.66. The summed E-state index contributed by atoms with van der Waals surface area (Å²) < 4.78 is 0. The van der Waals surface area contributed by atoms with Gasteiger partial charge in [-0.15, -0.1) is 0 Å². The first kappa shape index (κ1) is 12.0. The van der Waals surface area contributed by atoms with Gasteiger partial charge in [0.25, 0.3) is 0 Å². The minimum absolute atomic E-state index is 0.575. The molecule has 0 saturated heterocycles. The molecule has 0 aromatic rings. The molecule has 2 atom stereocenters. The first-order chi connectivity index (χ1) is 6.53. The van der Waals surface area contributed by atoms with Gasteiger partial charge in [-0.05, 0) is 37.1 Å². The van der Waals surface area contributed by atoms with Gasteiger partial charge in [0.1, 0.15) is 0 Å². The molecular formula is C13H27N. The highest BCUT2D eigenvalue weighted by Crippen LogP contribution is 2.35. The van der Waals surface area contributed by atoms with Crippen LogP contribution in [0.4, 0.5) is 0 Å². The lowest BCUT2D eigenvalue weighted by Crippen LogP contribution is -2.39. The number of nitrogens with one attached hydrogen (secondary N) is 1. The molecule has 1 rings (SSSR count). The molecule has 2 unspecified atom stereocenters. The van der Waals surface area contributed by atoms with E-state index in [0.717, 1.165) is 12.0 Å². The van der Waals surface area contributed by atoms with Gasteiger partial charge in [-0.3, -0.25) is 0 Å². The van der Waals surface area contributed by atoms with Crippen molar-refractivity contribution in [3.8, 4) is 0 Å². The monoisotopic (exact) mass is 197 g/mol. The molecule has 1 nitrogen and oxygen atoms in total. The van der Waals surface area contributed by atoms with Gasteiger partial charge in [0.15, 0.2) is 0 Å². The maximum Gasteiger partial charge on any atom is 0.00722 e. The average molecular weight is 197 g/mol. The van der Waals surface area contributed by atoms with Gasteiger partial charge in [0, 0.05) is 6.04 Å². The number of hydrogen-bond acceptors (Lipinski definition) is 1. The second kappa shape index (κ2) is 5.16. The van der Waals surface area contributed by atoms with Gasteiger partial charge in [-0.2, -0.15) is 0 Å². The first-order valence-corrected chi connectivity index (χ1v) is 6.27. The summed E-state index contributed by atoms with van der Waals surface area (Å²) in [6.45, 7) is 10.6. The van der Waals surface area contributed by atoms with Crippen LogP contribution in [0.1, 0.15) is 59.8 Å². The number of hydrogen-bond donors (Lipinski definition) is 1. The predicted octanol–water partition coefficient (Wildman–Crippen LogP) is 3.59. The van der Waals surface area contributed by atoms with E-state index in [1.807, 2.05) is 0 Å². The summed E-state index contributed by atoms with van der Waals surface area (Å²) >= 11 is 0. The third kappa shape index (κ3) is 4.00. The van der Waals surface area contributed by atoms with Crippen molar-refractivity contribution in [1.29, 1.82) is 0 Å². The Morgan fingerprint density at radius 3 is 2.71 bits per heavy atom. The fourth-order valence-electron chi connectivity index (χ4n) is 2.38. The van der Waals surface area contributed by atoms with Gasteiger partial charge in [-0.25, -0.2) is 0 Å². The van der Waals surface area contributed by atoms with Gasteiger partial charge < -0.3 is 5.32 Å². The molecular weight excluding hydrogens is 170 g/mol. The Kier molecular flexibility index (Phi) is 4.43. The SMILES string of the molecule is CCC(C)CNC1CCCC(C)(C)C1. The van der Waals surface area contributed by atoms with Crippen molar-refractivity contribution in [2.75, 3.05) is 6.54 Å². The Morgan fingerprint density at radius 2 is 2.14 bits per heavy atom. The fraction of sp³-hybridized carbons (Fsp3) is 1.00. The van der Waals surface area contributed by atoms with E-state index in [2.05, 4.69) is 33.0 Å². The van der Waals surface area contributed by atoms with E-state index >= 15 is 0 Å². The van der Waals surface area contributed by atoms with Crippen molar-refractivity contribution in [3.63, 3.8) is 0 Å². The Labute approximate surface area is 89.7 Å². The minimum Gasteiger partial charge on any atom is -0.314 e. The van der Waals surface area contributed by atoms with E-state index in [1.165, 1.54) is 38.6 Å². The van der Waals surface area contributed by atoms with E-state index in [0.29, 0.717) is 5.41 Å². The smallest absolute Gasteiger partial charge is 0.00722 e. The molecule has 0 radical (unpaired) electrons. The summed E-state index contributed by atoms with van der Waals surface area (Å²) in [6, 6.07) is 0.785. The zero-order valence-corrected chi connectivity index (χ0v) is 10.4. The van der Waals surface area contributed by atoms with Crippen molar-refractivity contribution in [2.45, 2.75) is 65.8 Å². The Balaban J connectivity index is 2.24. The average Bonchev–Trinajstić information content (AvgIpc) is 2.12. The molecule has 0 aromatic carbocycles. The van der Waals surface area contributed by atoms with E-state index in [4.69, 9.17) is 0 Å². The second-order valence-electron chi connectivity index (χ2n) is 5.88. The van der Waals surface area contributed by atoms with Crippen LogP contribution < -0.4 is 5.32 Å². The number of rotatable bonds is 4. The molecule has 1 aliphatic carbocycles. The van der Waals surface area contributed by atoms with Crippen LogP contribution in [0.3, 0.4) is 0 Å². The summed E-state index contributed by atoms with van der Waals surface area (Å²) in [5, 5.41) is 3.73. The van der Waals surface area contributed by atoms with Gasteiger partial charge in [0.2, 0.25) is 0 Å². The molecule has 1 aliphatic rings. The van der Waals surface area contributed by atoms with Crippen LogP contribution in [0.25, 0.3) is 0 Å². The molecule has 0 amide bonds. The van der Waals surface area contributed by atoms with Gasteiger partial charge in [-0.1, -0.05) is 40.5 Å². The molecule has 0 heterocycles. The van der Waals surface area contributed by atoms with Gasteiger partial charge in [0.05, 0.1) is 0 Å². The highest BCUT2D eigenvalue weighted by Gasteiger charge is 2.27. The van der Waals surface area contributed by atoms with Crippen LogP contribution in [0.5, 0.6) is 0 Å². The summed E-state index contributed by atoms with van der Waals surface area (Å²) in [6.07, 6.45) is 6.87. The summed E-state index contributed by atoms with van der Waals surface area (Å²) in [5.41, 5.74) is 0.575. The molecule has 1 heteroatoms. The van der Waals surface area contributed by atoms with E-state index in [9.17, 15) is 0 Å². The zero-order valence-electron chi connectivity index (χ0n) is 10.4. The molecule has 0 bridgehead atoms. The lowest BCUT2D eigenvalue weighted by atomic mass is 9.75. The van der Waals surface area contributed by atoms with Crippen LogP contribution in [0.15, 0.2) is 0 Å². The van der Waals surface area contributed by atoms with E-state index in [-0.39, 0.29) is 0 Å². The highest BCUT2D eigenvalue weighted by atomic mass is 14.9. The highest BCUT2D eigenvalue weighted by molar-refractivity contribution is 4.83. The van der Waals surface area contributed by atoms with Crippen molar-refractivity contribution in [2.24, 2.45) is 11.3 Å². The quantitative estimate of drug-likeness (QED) is 0.726. The molecule has 1 saturated carbocycles. The third-order valence-corrected chi connectivity index (χ3v) is 3.66. The Bertz CT molecular complexity index is 163. The van der Waals surface area contributed by atoms with E-state index in [1.54, 1.807) is 0 Å². The lowest BCUT2D eigenvalue weighted by molar-refractivity contribution is 0.195. The fourth-order valence-corrected chi connectivity index (χ4v) is 2.38. The molecule has 14 heavy (non-hydrogen) atoms. The standard InChI is InChI=1S/C13H27N/c1-5-11(2)10-14-12-7-6-8-13(3,4)9-12/h11-12,14H,5-10H2,1-4H3. The Hall–Kier alpha value is -0.0400. The molecule has 1 fully saturated rings. The minimum atomic E-state index is 0.575. The van der Waals surface area contributed by atoms with Crippen LogP contribution in [-0.4, -0.2) is 12.6 Å². The largest absolute Gasteiger partial charge is 0.314 e. The maximum atomic E-state index is 3.73. The van der Waals surface area contributed by atoms with Crippen molar-refractivity contribution in [1.82, 2.24) is 5.32 Å². The van der Waals surface area contributed by atoms with Gasteiger partial charge >= 0.3 is 0 Å². The molecule has 84 valence electrons. The second-order valence-corrected chi connectivity index (χ2v) is 5.88. The van der Waals surface area contributed by atoms with Crippen LogP contribution in [0.2, 0.25) is 0 Å². The normalized spacial score (nSPS) is 28.7. The molecule has 0 aliphatic heterocycles. The zero-order chi connectivity index (χ0) is 10.6. The van der Waals surface area contributed by atoms with Crippen molar-refractivity contribution in [3.05, 3.63) is 0 Å². The summed E-state index contributed by atoms with van der Waals surface area (Å²) in [4.78, 5) is 0. The maximum absolute atomic E-state index is 3.73.